The zero-order chi connectivity index (χ0) is 21.8. The van der Waals surface area contributed by atoms with Crippen LogP contribution in [0.3, 0.4) is 0 Å². The lowest BCUT2D eigenvalue weighted by atomic mass is 9.85. The SMILES string of the molecule is COc1ccc(CN(C)C(=O)CC[C@@]2(Cc3ccsc3)CCC(=O)N2)c2cccnc12. The molecule has 1 saturated heterocycles. The molecule has 1 aromatic carbocycles. The first kappa shape index (κ1) is 21.3. The highest BCUT2D eigenvalue weighted by Gasteiger charge is 2.38. The van der Waals surface area contributed by atoms with Crippen LogP contribution >= 0.6 is 11.3 Å². The van der Waals surface area contributed by atoms with Gasteiger partial charge in [0.15, 0.2) is 0 Å². The highest BCUT2D eigenvalue weighted by atomic mass is 32.1. The molecule has 0 spiro atoms. The zero-order valence-electron chi connectivity index (χ0n) is 17.9. The summed E-state index contributed by atoms with van der Waals surface area (Å²) >= 11 is 1.65. The second kappa shape index (κ2) is 9.06. The van der Waals surface area contributed by atoms with E-state index in [1.807, 2.05) is 36.7 Å². The summed E-state index contributed by atoms with van der Waals surface area (Å²) in [7, 11) is 3.46. The molecule has 1 aliphatic heterocycles. The summed E-state index contributed by atoms with van der Waals surface area (Å²) in [6.45, 7) is 0.495. The Morgan fingerprint density at radius 1 is 1.32 bits per heavy atom. The molecule has 2 amide bonds. The fraction of sp³-hybridized carbons (Fsp3) is 0.375. The van der Waals surface area contributed by atoms with Gasteiger partial charge in [0.05, 0.1) is 7.11 Å². The Balaban J connectivity index is 1.44. The van der Waals surface area contributed by atoms with Crippen LogP contribution in [0.5, 0.6) is 5.75 Å². The van der Waals surface area contributed by atoms with Gasteiger partial charge in [-0.3, -0.25) is 14.6 Å². The van der Waals surface area contributed by atoms with E-state index in [4.69, 9.17) is 4.74 Å². The van der Waals surface area contributed by atoms with Crippen LogP contribution in [-0.2, 0) is 22.6 Å². The monoisotopic (exact) mass is 437 g/mol. The van der Waals surface area contributed by atoms with Crippen molar-refractivity contribution in [2.24, 2.45) is 0 Å². The molecule has 1 aliphatic rings. The van der Waals surface area contributed by atoms with Crippen LogP contribution < -0.4 is 10.1 Å². The van der Waals surface area contributed by atoms with Crippen molar-refractivity contribution in [3.05, 3.63) is 58.4 Å². The van der Waals surface area contributed by atoms with Gasteiger partial charge in [-0.05, 0) is 59.3 Å². The number of ether oxygens (including phenoxy) is 1. The molecule has 0 unspecified atom stereocenters. The quantitative estimate of drug-likeness (QED) is 0.580. The minimum absolute atomic E-state index is 0.0682. The number of aromatic nitrogens is 1. The third kappa shape index (κ3) is 4.71. The fourth-order valence-electron chi connectivity index (χ4n) is 4.36. The van der Waals surface area contributed by atoms with Crippen LogP contribution in [0.4, 0.5) is 0 Å². The topological polar surface area (TPSA) is 71.5 Å². The number of hydrogen-bond acceptors (Lipinski definition) is 5. The Bertz CT molecular complexity index is 1080. The zero-order valence-corrected chi connectivity index (χ0v) is 18.7. The van der Waals surface area contributed by atoms with Gasteiger partial charge in [-0.1, -0.05) is 12.1 Å². The smallest absolute Gasteiger partial charge is 0.222 e. The number of nitrogens with zero attached hydrogens (tertiary/aromatic N) is 2. The lowest BCUT2D eigenvalue weighted by molar-refractivity contribution is -0.131. The van der Waals surface area contributed by atoms with Gasteiger partial charge in [0.2, 0.25) is 11.8 Å². The molecule has 3 aromatic rings. The molecule has 162 valence electrons. The first-order chi connectivity index (χ1) is 15.0. The lowest BCUT2D eigenvalue weighted by Crippen LogP contribution is -2.44. The van der Waals surface area contributed by atoms with E-state index in [1.54, 1.807) is 29.5 Å². The van der Waals surface area contributed by atoms with Crippen LogP contribution in [0.1, 0.15) is 36.8 Å². The number of fused-ring (bicyclic) bond motifs is 1. The van der Waals surface area contributed by atoms with E-state index in [2.05, 4.69) is 21.7 Å². The van der Waals surface area contributed by atoms with Crippen LogP contribution in [0.15, 0.2) is 47.3 Å². The van der Waals surface area contributed by atoms with Gasteiger partial charge in [0, 0.05) is 43.6 Å². The average molecular weight is 438 g/mol. The number of rotatable bonds is 8. The summed E-state index contributed by atoms with van der Waals surface area (Å²) in [4.78, 5) is 31.1. The van der Waals surface area contributed by atoms with Crippen molar-refractivity contribution >= 4 is 34.1 Å². The second-order valence-electron chi connectivity index (χ2n) is 8.21. The number of hydrogen-bond donors (Lipinski definition) is 1. The molecule has 4 rings (SSSR count). The van der Waals surface area contributed by atoms with Crippen molar-refractivity contribution < 1.29 is 14.3 Å². The Morgan fingerprint density at radius 2 is 2.19 bits per heavy atom. The van der Waals surface area contributed by atoms with E-state index in [9.17, 15) is 9.59 Å². The molecular formula is C24H27N3O3S. The maximum atomic E-state index is 13.0. The molecule has 1 atom stereocenters. The standard InChI is InChI=1S/C24H27N3O3S/c1-27(15-18-5-6-20(30-2)23-19(18)4-3-12-25-23)22(29)8-11-24(10-7-21(28)26-24)14-17-9-13-31-16-17/h3-6,9,12-13,16H,7-8,10-11,14-15H2,1-2H3,(H,26,28)/t24-/m1/s1. The number of benzene rings is 1. The third-order valence-corrected chi connectivity index (χ3v) is 6.78. The third-order valence-electron chi connectivity index (χ3n) is 6.05. The predicted octanol–water partition coefficient (Wildman–Crippen LogP) is 3.94. The Labute approximate surface area is 186 Å². The Morgan fingerprint density at radius 3 is 2.90 bits per heavy atom. The van der Waals surface area contributed by atoms with Gasteiger partial charge in [0.25, 0.3) is 0 Å². The summed E-state index contributed by atoms with van der Waals surface area (Å²) in [6.07, 6.45) is 4.85. The predicted molar refractivity (Wildman–Crippen MR) is 122 cm³/mol. The van der Waals surface area contributed by atoms with E-state index >= 15 is 0 Å². The Hall–Kier alpha value is -2.93. The van der Waals surface area contributed by atoms with Crippen molar-refractivity contribution in [1.29, 1.82) is 0 Å². The van der Waals surface area contributed by atoms with Crippen LogP contribution in [0.2, 0.25) is 0 Å². The second-order valence-corrected chi connectivity index (χ2v) is 8.99. The maximum Gasteiger partial charge on any atom is 0.222 e. The highest BCUT2D eigenvalue weighted by molar-refractivity contribution is 7.07. The first-order valence-corrected chi connectivity index (χ1v) is 11.4. The van der Waals surface area contributed by atoms with Crippen molar-refractivity contribution in [2.75, 3.05) is 14.2 Å². The van der Waals surface area contributed by atoms with E-state index in [-0.39, 0.29) is 17.4 Å². The molecule has 3 heterocycles. The molecular weight excluding hydrogens is 410 g/mol. The summed E-state index contributed by atoms with van der Waals surface area (Å²) in [5.41, 5.74) is 2.71. The molecule has 0 radical (unpaired) electrons. The van der Waals surface area contributed by atoms with Gasteiger partial charge in [-0.25, -0.2) is 0 Å². The molecule has 7 heteroatoms. The summed E-state index contributed by atoms with van der Waals surface area (Å²) in [6, 6.07) is 9.87. The lowest BCUT2D eigenvalue weighted by Gasteiger charge is -2.30. The van der Waals surface area contributed by atoms with Crippen molar-refractivity contribution in [3.8, 4) is 5.75 Å². The maximum absolute atomic E-state index is 13.0. The summed E-state index contributed by atoms with van der Waals surface area (Å²) in [5, 5.41) is 8.31. The number of pyridine rings is 1. The minimum atomic E-state index is -0.328. The summed E-state index contributed by atoms with van der Waals surface area (Å²) < 4.78 is 5.42. The van der Waals surface area contributed by atoms with Crippen LogP contribution in [0, 0.1) is 0 Å². The number of amides is 2. The van der Waals surface area contributed by atoms with Gasteiger partial charge < -0.3 is 15.0 Å². The molecule has 31 heavy (non-hydrogen) atoms. The largest absolute Gasteiger partial charge is 0.494 e. The van der Waals surface area contributed by atoms with E-state index in [1.165, 1.54) is 5.56 Å². The number of carbonyl (C=O) groups excluding carboxylic acids is 2. The molecule has 1 N–H and O–H groups in total. The van der Waals surface area contributed by atoms with E-state index in [0.717, 1.165) is 35.1 Å². The van der Waals surface area contributed by atoms with Crippen molar-refractivity contribution in [2.45, 2.75) is 44.2 Å². The molecule has 0 bridgehead atoms. The number of methoxy groups -OCH3 is 1. The fourth-order valence-corrected chi connectivity index (χ4v) is 5.02. The van der Waals surface area contributed by atoms with E-state index in [0.29, 0.717) is 25.8 Å². The number of thiophene rings is 1. The molecule has 2 aromatic heterocycles. The minimum Gasteiger partial charge on any atom is -0.494 e. The number of carbonyl (C=O) groups is 2. The average Bonchev–Trinajstić information content (AvgIpc) is 3.42. The van der Waals surface area contributed by atoms with Crippen LogP contribution in [-0.4, -0.2) is 41.4 Å². The molecule has 0 saturated carbocycles. The first-order valence-electron chi connectivity index (χ1n) is 10.5. The van der Waals surface area contributed by atoms with Gasteiger partial charge in [0.1, 0.15) is 11.3 Å². The van der Waals surface area contributed by atoms with Crippen molar-refractivity contribution in [1.82, 2.24) is 15.2 Å². The van der Waals surface area contributed by atoms with E-state index < -0.39 is 0 Å². The van der Waals surface area contributed by atoms with Crippen molar-refractivity contribution in [3.63, 3.8) is 0 Å². The molecule has 1 fully saturated rings. The normalized spacial score (nSPS) is 18.2. The molecule has 0 aliphatic carbocycles. The van der Waals surface area contributed by atoms with Gasteiger partial charge >= 0.3 is 0 Å². The molecule has 6 nitrogen and oxygen atoms in total. The highest BCUT2D eigenvalue weighted by Crippen LogP contribution is 2.31. The van der Waals surface area contributed by atoms with Gasteiger partial charge in [-0.15, -0.1) is 0 Å². The van der Waals surface area contributed by atoms with Gasteiger partial charge in [-0.2, -0.15) is 11.3 Å². The summed E-state index contributed by atoms with van der Waals surface area (Å²) in [5.74, 6) is 0.868. The number of nitrogens with one attached hydrogen (secondary N) is 1. The van der Waals surface area contributed by atoms with Crippen LogP contribution in [0.25, 0.3) is 10.9 Å². The Kier molecular flexibility index (Phi) is 6.23.